The molecule has 0 aromatic carbocycles. The maximum absolute atomic E-state index is 11.7. The zero-order valence-corrected chi connectivity index (χ0v) is 10.6. The highest BCUT2D eigenvalue weighted by molar-refractivity contribution is 8.02. The molecule has 1 aliphatic heterocycles. The number of nitrogens with zero attached hydrogens (tertiary/aromatic N) is 1. The summed E-state index contributed by atoms with van der Waals surface area (Å²) in [5, 5.41) is 1.81. The van der Waals surface area contributed by atoms with Gasteiger partial charge < -0.3 is 9.64 Å². The van der Waals surface area contributed by atoms with E-state index in [0.717, 1.165) is 6.42 Å². The van der Waals surface area contributed by atoms with Gasteiger partial charge in [-0.15, -0.1) is 11.8 Å². The fraction of sp³-hybridized carbons (Fsp3) is 0.636. The lowest BCUT2D eigenvalue weighted by Gasteiger charge is -2.27. The van der Waals surface area contributed by atoms with Crippen LogP contribution in [-0.2, 0) is 14.3 Å². The van der Waals surface area contributed by atoms with Crippen LogP contribution < -0.4 is 0 Å². The number of rotatable bonds is 4. The monoisotopic (exact) mass is 243 g/mol. The molecule has 0 aromatic heterocycles. The lowest BCUT2D eigenvalue weighted by Crippen LogP contribution is -2.43. The van der Waals surface area contributed by atoms with Crippen LogP contribution in [0.5, 0.6) is 0 Å². The minimum absolute atomic E-state index is 0.0545. The second-order valence-electron chi connectivity index (χ2n) is 3.73. The minimum atomic E-state index is -0.543. The summed E-state index contributed by atoms with van der Waals surface area (Å²) in [4.78, 5) is 24.7. The Morgan fingerprint density at radius 2 is 2.31 bits per heavy atom. The zero-order chi connectivity index (χ0) is 12.1. The van der Waals surface area contributed by atoms with Crippen molar-refractivity contribution in [3.8, 4) is 0 Å². The first-order valence-corrected chi connectivity index (χ1v) is 6.41. The smallest absolute Gasteiger partial charge is 0.329 e. The number of amides is 1. The highest BCUT2D eigenvalue weighted by atomic mass is 32.2. The Bertz CT molecular complexity index is 304. The van der Waals surface area contributed by atoms with Gasteiger partial charge in [0.05, 0.1) is 11.9 Å². The van der Waals surface area contributed by atoms with Gasteiger partial charge in [-0.1, -0.05) is 6.92 Å². The molecule has 4 nitrogen and oxygen atoms in total. The van der Waals surface area contributed by atoms with Crippen LogP contribution in [0.4, 0.5) is 0 Å². The molecule has 0 aliphatic carbocycles. The average Bonchev–Trinajstić information content (AvgIpc) is 2.28. The molecule has 0 bridgehead atoms. The highest BCUT2D eigenvalue weighted by Gasteiger charge is 2.27. The molecule has 0 saturated heterocycles. The Hall–Kier alpha value is -0.970. The van der Waals surface area contributed by atoms with Crippen LogP contribution in [0.2, 0.25) is 0 Å². The number of esters is 1. The van der Waals surface area contributed by atoms with Crippen LogP contribution in [0, 0.1) is 0 Å². The molecule has 16 heavy (non-hydrogen) atoms. The molecule has 2 atom stereocenters. The Balaban J connectivity index is 2.59. The van der Waals surface area contributed by atoms with Crippen LogP contribution in [0.25, 0.3) is 0 Å². The Kier molecular flexibility index (Phi) is 4.86. The summed E-state index contributed by atoms with van der Waals surface area (Å²) < 4.78 is 5.19. The van der Waals surface area contributed by atoms with Crippen molar-refractivity contribution in [3.05, 3.63) is 11.6 Å². The molecule has 1 amide bonds. The summed E-state index contributed by atoms with van der Waals surface area (Å²) in [7, 11) is 0. The molecule has 90 valence electrons. The van der Waals surface area contributed by atoms with Gasteiger partial charge in [-0.05, 0) is 25.7 Å². The Morgan fingerprint density at radius 3 is 2.88 bits per heavy atom. The number of carbonyl (C=O) groups is 2. The molecule has 0 saturated carbocycles. The van der Waals surface area contributed by atoms with Crippen molar-refractivity contribution in [3.63, 3.8) is 0 Å². The summed E-state index contributed by atoms with van der Waals surface area (Å²) in [6, 6.07) is -0.543. The van der Waals surface area contributed by atoms with E-state index in [0.29, 0.717) is 5.75 Å². The van der Waals surface area contributed by atoms with Gasteiger partial charge >= 0.3 is 5.97 Å². The van der Waals surface area contributed by atoms with E-state index in [9.17, 15) is 9.59 Å². The summed E-state index contributed by atoms with van der Waals surface area (Å²) in [6.07, 6.45) is 2.31. The standard InChI is InChI=1S/C11H17NO3S/c1-4-8(2)15-11(14)9(3)12-5-6-16-7-10(12)13/h5-6,8-9H,4,7H2,1-3H3. The summed E-state index contributed by atoms with van der Waals surface area (Å²) >= 11 is 1.43. The molecule has 0 radical (unpaired) electrons. The average molecular weight is 243 g/mol. The van der Waals surface area contributed by atoms with Gasteiger partial charge in [-0.3, -0.25) is 4.79 Å². The quantitative estimate of drug-likeness (QED) is 0.706. The van der Waals surface area contributed by atoms with Crippen molar-refractivity contribution in [1.29, 1.82) is 0 Å². The van der Waals surface area contributed by atoms with E-state index in [1.54, 1.807) is 13.1 Å². The maximum Gasteiger partial charge on any atom is 0.329 e. The summed E-state index contributed by atoms with van der Waals surface area (Å²) in [5.74, 6) is -0.0161. The molecular weight excluding hydrogens is 226 g/mol. The highest BCUT2D eigenvalue weighted by Crippen LogP contribution is 2.16. The van der Waals surface area contributed by atoms with Gasteiger partial charge in [-0.2, -0.15) is 0 Å². The zero-order valence-electron chi connectivity index (χ0n) is 9.80. The first kappa shape index (κ1) is 13.1. The molecule has 1 heterocycles. The van der Waals surface area contributed by atoms with E-state index in [-0.39, 0.29) is 18.0 Å². The van der Waals surface area contributed by atoms with Gasteiger partial charge in [0.1, 0.15) is 6.04 Å². The van der Waals surface area contributed by atoms with Crippen molar-refractivity contribution in [2.75, 3.05) is 5.75 Å². The Labute approximate surface area is 100 Å². The predicted octanol–water partition coefficient (Wildman–Crippen LogP) is 1.76. The van der Waals surface area contributed by atoms with Crippen LogP contribution in [0.3, 0.4) is 0 Å². The fourth-order valence-corrected chi connectivity index (χ4v) is 1.83. The molecule has 0 aromatic rings. The van der Waals surface area contributed by atoms with Crippen LogP contribution in [-0.4, -0.2) is 34.7 Å². The molecular formula is C11H17NO3S. The number of hydrogen-bond donors (Lipinski definition) is 0. The lowest BCUT2D eigenvalue weighted by molar-refractivity contribution is -0.156. The molecule has 2 unspecified atom stereocenters. The third kappa shape index (κ3) is 3.27. The van der Waals surface area contributed by atoms with Crippen LogP contribution in [0.15, 0.2) is 11.6 Å². The van der Waals surface area contributed by atoms with E-state index in [1.807, 2.05) is 19.3 Å². The number of ether oxygens (including phenoxy) is 1. The molecule has 0 N–H and O–H groups in total. The minimum Gasteiger partial charge on any atom is -0.461 e. The van der Waals surface area contributed by atoms with Crippen molar-refractivity contribution < 1.29 is 14.3 Å². The Morgan fingerprint density at radius 1 is 1.62 bits per heavy atom. The fourth-order valence-electron chi connectivity index (χ4n) is 1.22. The largest absolute Gasteiger partial charge is 0.461 e. The van der Waals surface area contributed by atoms with Crippen LogP contribution >= 0.6 is 11.8 Å². The second-order valence-corrected chi connectivity index (χ2v) is 4.62. The van der Waals surface area contributed by atoms with Crippen molar-refractivity contribution >= 4 is 23.6 Å². The van der Waals surface area contributed by atoms with E-state index in [2.05, 4.69) is 0 Å². The van der Waals surface area contributed by atoms with Gasteiger partial charge in [0.15, 0.2) is 0 Å². The summed E-state index contributed by atoms with van der Waals surface area (Å²) in [5.41, 5.74) is 0. The topological polar surface area (TPSA) is 46.6 Å². The van der Waals surface area contributed by atoms with Gasteiger partial charge in [0.25, 0.3) is 0 Å². The third-order valence-corrected chi connectivity index (χ3v) is 3.19. The normalized spacial score (nSPS) is 19.4. The predicted molar refractivity (Wildman–Crippen MR) is 63.8 cm³/mol. The first-order chi connectivity index (χ1) is 7.56. The van der Waals surface area contributed by atoms with E-state index < -0.39 is 6.04 Å². The van der Waals surface area contributed by atoms with E-state index in [4.69, 9.17) is 4.74 Å². The number of hydrogen-bond acceptors (Lipinski definition) is 4. The molecule has 1 rings (SSSR count). The molecule has 1 aliphatic rings. The van der Waals surface area contributed by atoms with Gasteiger partial charge in [-0.25, -0.2) is 4.79 Å². The van der Waals surface area contributed by atoms with Gasteiger partial charge in [0.2, 0.25) is 5.91 Å². The van der Waals surface area contributed by atoms with Crippen molar-refractivity contribution in [1.82, 2.24) is 4.90 Å². The second kappa shape index (κ2) is 5.94. The SMILES string of the molecule is CCC(C)OC(=O)C(C)N1C=CSCC1=O. The number of carbonyl (C=O) groups excluding carboxylic acids is 2. The van der Waals surface area contributed by atoms with Crippen molar-refractivity contribution in [2.24, 2.45) is 0 Å². The van der Waals surface area contributed by atoms with E-state index >= 15 is 0 Å². The molecule has 0 fully saturated rings. The first-order valence-electron chi connectivity index (χ1n) is 5.36. The van der Waals surface area contributed by atoms with Crippen LogP contribution in [0.1, 0.15) is 27.2 Å². The lowest BCUT2D eigenvalue weighted by atomic mass is 10.2. The summed E-state index contributed by atoms with van der Waals surface area (Å²) in [6.45, 7) is 5.47. The molecule has 5 heteroatoms. The van der Waals surface area contributed by atoms with E-state index in [1.165, 1.54) is 16.7 Å². The maximum atomic E-state index is 11.7. The number of thioether (sulfide) groups is 1. The van der Waals surface area contributed by atoms with Gasteiger partial charge in [0, 0.05) is 6.20 Å². The van der Waals surface area contributed by atoms with Crippen molar-refractivity contribution in [2.45, 2.75) is 39.3 Å². The third-order valence-electron chi connectivity index (χ3n) is 2.46. The molecule has 0 spiro atoms.